The van der Waals surface area contributed by atoms with Gasteiger partial charge in [0, 0.05) is 11.8 Å². The Morgan fingerprint density at radius 1 is 1.24 bits per heavy atom. The van der Waals surface area contributed by atoms with Crippen LogP contribution in [0.25, 0.3) is 0 Å². The molecule has 1 amide bonds. The van der Waals surface area contributed by atoms with Gasteiger partial charge in [-0.2, -0.15) is 0 Å². The molecule has 0 atom stereocenters. The SMILES string of the molecule is Cc1cccc(NC(=O)COc2cccc([N+](=O)[O-])c2)c1. The first-order valence-electron chi connectivity index (χ1n) is 6.28. The summed E-state index contributed by atoms with van der Waals surface area (Å²) < 4.78 is 5.24. The Hall–Kier alpha value is -2.89. The number of aryl methyl sites for hydroxylation is 1. The molecule has 0 radical (unpaired) electrons. The fraction of sp³-hybridized carbons (Fsp3) is 0.133. The van der Waals surface area contributed by atoms with Crippen molar-refractivity contribution in [2.75, 3.05) is 11.9 Å². The Kier molecular flexibility index (Phi) is 4.50. The summed E-state index contributed by atoms with van der Waals surface area (Å²) >= 11 is 0. The van der Waals surface area contributed by atoms with Gasteiger partial charge in [0.15, 0.2) is 6.61 Å². The first kappa shape index (κ1) is 14.5. The van der Waals surface area contributed by atoms with E-state index in [0.29, 0.717) is 5.69 Å². The number of nitro benzene ring substituents is 1. The van der Waals surface area contributed by atoms with E-state index >= 15 is 0 Å². The van der Waals surface area contributed by atoms with Crippen LogP contribution in [0, 0.1) is 17.0 Å². The first-order valence-corrected chi connectivity index (χ1v) is 6.28. The second kappa shape index (κ2) is 6.51. The molecule has 0 bridgehead atoms. The Morgan fingerprint density at radius 3 is 2.71 bits per heavy atom. The molecular formula is C15H14N2O4. The maximum absolute atomic E-state index is 11.7. The Balaban J connectivity index is 1.92. The third-order valence-electron chi connectivity index (χ3n) is 2.70. The molecule has 0 aromatic heterocycles. The maximum atomic E-state index is 11.7. The molecule has 6 heteroatoms. The molecule has 2 rings (SSSR count). The van der Waals surface area contributed by atoms with E-state index in [1.807, 2.05) is 25.1 Å². The molecule has 108 valence electrons. The molecule has 6 nitrogen and oxygen atoms in total. The van der Waals surface area contributed by atoms with Gasteiger partial charge in [-0.3, -0.25) is 14.9 Å². The van der Waals surface area contributed by atoms with Gasteiger partial charge in [0.05, 0.1) is 11.0 Å². The molecule has 0 spiro atoms. The number of benzene rings is 2. The third kappa shape index (κ3) is 4.31. The largest absolute Gasteiger partial charge is 0.484 e. The van der Waals surface area contributed by atoms with Crippen molar-refractivity contribution in [3.63, 3.8) is 0 Å². The summed E-state index contributed by atoms with van der Waals surface area (Å²) in [5, 5.41) is 13.3. The van der Waals surface area contributed by atoms with E-state index in [1.54, 1.807) is 12.1 Å². The number of non-ortho nitro benzene ring substituents is 1. The van der Waals surface area contributed by atoms with Crippen molar-refractivity contribution in [2.45, 2.75) is 6.92 Å². The van der Waals surface area contributed by atoms with Crippen LogP contribution in [0.2, 0.25) is 0 Å². The number of rotatable bonds is 5. The van der Waals surface area contributed by atoms with Crippen LogP contribution in [0.3, 0.4) is 0 Å². The van der Waals surface area contributed by atoms with E-state index < -0.39 is 4.92 Å². The molecule has 21 heavy (non-hydrogen) atoms. The number of carbonyl (C=O) groups is 1. The molecule has 2 aromatic rings. The number of hydrogen-bond donors (Lipinski definition) is 1. The van der Waals surface area contributed by atoms with Crippen LogP contribution in [0.15, 0.2) is 48.5 Å². The minimum Gasteiger partial charge on any atom is -0.484 e. The molecule has 1 N–H and O–H groups in total. The van der Waals surface area contributed by atoms with E-state index in [2.05, 4.69) is 5.32 Å². The van der Waals surface area contributed by atoms with E-state index in [4.69, 9.17) is 4.74 Å². The van der Waals surface area contributed by atoms with Gasteiger partial charge in [-0.25, -0.2) is 0 Å². The van der Waals surface area contributed by atoms with Crippen molar-refractivity contribution in [1.29, 1.82) is 0 Å². The van der Waals surface area contributed by atoms with Crippen molar-refractivity contribution in [3.8, 4) is 5.75 Å². The average Bonchev–Trinajstić information content (AvgIpc) is 2.45. The molecule has 0 aliphatic carbocycles. The fourth-order valence-corrected chi connectivity index (χ4v) is 1.76. The number of nitro groups is 1. The smallest absolute Gasteiger partial charge is 0.273 e. The van der Waals surface area contributed by atoms with Gasteiger partial charge >= 0.3 is 0 Å². The summed E-state index contributed by atoms with van der Waals surface area (Å²) in [5.41, 5.74) is 1.64. The van der Waals surface area contributed by atoms with Crippen LogP contribution in [0.4, 0.5) is 11.4 Å². The highest BCUT2D eigenvalue weighted by molar-refractivity contribution is 5.91. The standard InChI is InChI=1S/C15H14N2O4/c1-11-4-2-5-12(8-11)16-15(18)10-21-14-7-3-6-13(9-14)17(19)20/h2-9H,10H2,1H3,(H,16,18). The molecule has 2 aromatic carbocycles. The quantitative estimate of drug-likeness (QED) is 0.676. The second-order valence-corrected chi connectivity index (χ2v) is 4.46. The summed E-state index contributed by atoms with van der Waals surface area (Å²) in [6.07, 6.45) is 0. The predicted molar refractivity (Wildman–Crippen MR) is 78.4 cm³/mol. The third-order valence-corrected chi connectivity index (χ3v) is 2.70. The minimum atomic E-state index is -0.514. The lowest BCUT2D eigenvalue weighted by Gasteiger charge is -2.08. The van der Waals surface area contributed by atoms with Crippen LogP contribution < -0.4 is 10.1 Å². The zero-order chi connectivity index (χ0) is 15.2. The minimum absolute atomic E-state index is 0.0772. The normalized spacial score (nSPS) is 9.95. The van der Waals surface area contributed by atoms with Gasteiger partial charge in [-0.15, -0.1) is 0 Å². The second-order valence-electron chi connectivity index (χ2n) is 4.46. The zero-order valence-electron chi connectivity index (χ0n) is 11.4. The molecule has 0 fully saturated rings. The summed E-state index contributed by atoms with van der Waals surface area (Å²) in [5.74, 6) is -0.0456. The summed E-state index contributed by atoms with van der Waals surface area (Å²) in [4.78, 5) is 21.9. The molecule has 0 aliphatic heterocycles. The summed E-state index contributed by atoms with van der Waals surface area (Å²) in [6, 6.07) is 13.1. The van der Waals surface area contributed by atoms with Crippen molar-refractivity contribution in [2.24, 2.45) is 0 Å². The predicted octanol–water partition coefficient (Wildman–Crippen LogP) is 2.92. The van der Waals surface area contributed by atoms with Crippen molar-refractivity contribution >= 4 is 17.3 Å². The van der Waals surface area contributed by atoms with Gasteiger partial charge in [0.25, 0.3) is 11.6 Å². The lowest BCUT2D eigenvalue weighted by atomic mass is 10.2. The van der Waals surface area contributed by atoms with Crippen molar-refractivity contribution in [1.82, 2.24) is 0 Å². The number of ether oxygens (including phenoxy) is 1. The zero-order valence-corrected chi connectivity index (χ0v) is 11.4. The topological polar surface area (TPSA) is 81.5 Å². The monoisotopic (exact) mass is 286 g/mol. The van der Waals surface area contributed by atoms with Crippen LogP contribution in [0.5, 0.6) is 5.75 Å². The van der Waals surface area contributed by atoms with Crippen LogP contribution in [-0.2, 0) is 4.79 Å². The Morgan fingerprint density at radius 2 is 2.00 bits per heavy atom. The van der Waals surface area contributed by atoms with E-state index in [-0.39, 0.29) is 24.0 Å². The lowest BCUT2D eigenvalue weighted by molar-refractivity contribution is -0.384. The van der Waals surface area contributed by atoms with Crippen LogP contribution >= 0.6 is 0 Å². The van der Waals surface area contributed by atoms with Crippen molar-refractivity contribution in [3.05, 3.63) is 64.2 Å². The molecule has 0 heterocycles. The number of nitrogens with one attached hydrogen (secondary N) is 1. The molecule has 0 saturated heterocycles. The van der Waals surface area contributed by atoms with E-state index in [9.17, 15) is 14.9 Å². The fourth-order valence-electron chi connectivity index (χ4n) is 1.76. The van der Waals surface area contributed by atoms with Crippen LogP contribution in [0.1, 0.15) is 5.56 Å². The van der Waals surface area contributed by atoms with E-state index in [1.165, 1.54) is 18.2 Å². The highest BCUT2D eigenvalue weighted by atomic mass is 16.6. The van der Waals surface area contributed by atoms with E-state index in [0.717, 1.165) is 5.56 Å². The first-order chi connectivity index (χ1) is 10.0. The molecule has 0 unspecified atom stereocenters. The van der Waals surface area contributed by atoms with Crippen molar-refractivity contribution < 1.29 is 14.5 Å². The van der Waals surface area contributed by atoms with Gasteiger partial charge in [-0.05, 0) is 30.7 Å². The molecule has 0 aliphatic rings. The number of amides is 1. The van der Waals surface area contributed by atoms with Crippen LogP contribution in [-0.4, -0.2) is 17.4 Å². The number of nitrogens with zero attached hydrogens (tertiary/aromatic N) is 1. The Bertz CT molecular complexity index is 670. The molecular weight excluding hydrogens is 272 g/mol. The maximum Gasteiger partial charge on any atom is 0.273 e. The number of carbonyl (C=O) groups excluding carboxylic acids is 1. The van der Waals surface area contributed by atoms with Gasteiger partial charge in [0.2, 0.25) is 0 Å². The summed E-state index contributed by atoms with van der Waals surface area (Å²) in [7, 11) is 0. The van der Waals surface area contributed by atoms with Gasteiger partial charge in [-0.1, -0.05) is 18.2 Å². The number of anilines is 1. The highest BCUT2D eigenvalue weighted by Crippen LogP contribution is 2.19. The van der Waals surface area contributed by atoms with Gasteiger partial charge in [0.1, 0.15) is 5.75 Å². The average molecular weight is 286 g/mol. The Labute approximate surface area is 121 Å². The summed E-state index contributed by atoms with van der Waals surface area (Å²) in [6.45, 7) is 1.71. The lowest BCUT2D eigenvalue weighted by Crippen LogP contribution is -2.20. The number of hydrogen-bond acceptors (Lipinski definition) is 4. The highest BCUT2D eigenvalue weighted by Gasteiger charge is 2.08. The van der Waals surface area contributed by atoms with Gasteiger partial charge < -0.3 is 10.1 Å². The molecule has 0 saturated carbocycles.